The molecular weight excluding hydrogens is 258 g/mol. The number of carboxylic acid groups (broad SMARTS) is 1. The number of aryl methyl sites for hydroxylation is 1. The van der Waals surface area contributed by atoms with Gasteiger partial charge in [0.05, 0.1) is 24.5 Å². The highest BCUT2D eigenvalue weighted by Gasteiger charge is 2.20. The maximum Gasteiger partial charge on any atom is 0.356 e. The molecule has 20 heavy (non-hydrogen) atoms. The summed E-state index contributed by atoms with van der Waals surface area (Å²) in [4.78, 5) is 13.1. The number of anilines is 1. The molecule has 1 N–H and O–H groups in total. The van der Waals surface area contributed by atoms with Gasteiger partial charge in [-0.2, -0.15) is 5.10 Å². The number of nitrogens with zero attached hydrogens (tertiary/aromatic N) is 3. The van der Waals surface area contributed by atoms with E-state index in [1.54, 1.807) is 17.8 Å². The third-order valence-electron chi connectivity index (χ3n) is 3.37. The van der Waals surface area contributed by atoms with Crippen molar-refractivity contribution in [3.05, 3.63) is 41.7 Å². The number of aromatic nitrogens is 2. The Hall–Kier alpha value is -2.50. The fraction of sp³-hybridized carbons (Fsp3) is 0.286. The lowest BCUT2D eigenvalue weighted by Gasteiger charge is -2.31. The molecule has 3 rings (SSSR count). The minimum atomic E-state index is -1.01. The van der Waals surface area contributed by atoms with E-state index in [0.29, 0.717) is 13.2 Å². The number of carboxylic acids is 1. The molecule has 6 heteroatoms. The number of carbonyl (C=O) groups is 1. The van der Waals surface area contributed by atoms with E-state index in [4.69, 9.17) is 9.84 Å². The van der Waals surface area contributed by atoms with Crippen LogP contribution in [0.2, 0.25) is 0 Å². The molecule has 0 atom stereocenters. The van der Waals surface area contributed by atoms with Crippen molar-refractivity contribution in [2.75, 3.05) is 18.1 Å². The molecule has 1 aliphatic rings. The average molecular weight is 273 g/mol. The second-order valence-corrected chi connectivity index (χ2v) is 4.69. The standard InChI is InChI=1S/C14H15N3O3/c1-16-10(8-11(15-16)14(18)19)9-17-6-7-20-13-5-3-2-4-12(13)17/h2-5,8H,6-7,9H2,1H3,(H,18,19). The van der Waals surface area contributed by atoms with Gasteiger partial charge in [0.25, 0.3) is 0 Å². The molecule has 0 aliphatic carbocycles. The van der Waals surface area contributed by atoms with Gasteiger partial charge in [-0.05, 0) is 18.2 Å². The minimum Gasteiger partial charge on any atom is -0.490 e. The predicted octanol–water partition coefficient (Wildman–Crippen LogP) is 1.52. The molecule has 0 amide bonds. The first-order valence-corrected chi connectivity index (χ1v) is 6.38. The van der Waals surface area contributed by atoms with E-state index in [1.165, 1.54) is 0 Å². The minimum absolute atomic E-state index is 0.0732. The van der Waals surface area contributed by atoms with Crippen molar-refractivity contribution in [2.45, 2.75) is 6.54 Å². The Bertz CT molecular complexity index is 651. The molecule has 0 fully saturated rings. The topological polar surface area (TPSA) is 67.6 Å². The molecule has 0 bridgehead atoms. The molecular formula is C14H15N3O3. The van der Waals surface area contributed by atoms with Gasteiger partial charge < -0.3 is 14.7 Å². The summed E-state index contributed by atoms with van der Waals surface area (Å²) in [6.45, 7) is 2.00. The quantitative estimate of drug-likeness (QED) is 0.918. The number of aromatic carboxylic acids is 1. The van der Waals surface area contributed by atoms with Crippen LogP contribution in [0.5, 0.6) is 5.75 Å². The van der Waals surface area contributed by atoms with Gasteiger partial charge in [0.15, 0.2) is 5.69 Å². The van der Waals surface area contributed by atoms with Gasteiger partial charge in [-0.1, -0.05) is 12.1 Å². The summed E-state index contributed by atoms with van der Waals surface area (Å²) in [7, 11) is 1.76. The van der Waals surface area contributed by atoms with Crippen LogP contribution in [0.25, 0.3) is 0 Å². The monoisotopic (exact) mass is 273 g/mol. The van der Waals surface area contributed by atoms with Gasteiger partial charge in [0.2, 0.25) is 0 Å². The smallest absolute Gasteiger partial charge is 0.356 e. The van der Waals surface area contributed by atoms with Crippen LogP contribution in [-0.4, -0.2) is 34.0 Å². The zero-order chi connectivity index (χ0) is 14.1. The summed E-state index contributed by atoms with van der Waals surface area (Å²) in [6.07, 6.45) is 0. The Kier molecular flexibility index (Phi) is 3.06. The van der Waals surface area contributed by atoms with Crippen molar-refractivity contribution in [1.29, 1.82) is 0 Å². The van der Waals surface area contributed by atoms with Crippen LogP contribution in [0.15, 0.2) is 30.3 Å². The molecule has 1 aliphatic heterocycles. The first kappa shape index (κ1) is 12.5. The average Bonchev–Trinajstić information content (AvgIpc) is 2.81. The van der Waals surface area contributed by atoms with Crippen molar-refractivity contribution < 1.29 is 14.6 Å². The molecule has 2 aromatic rings. The molecule has 0 radical (unpaired) electrons. The predicted molar refractivity (Wildman–Crippen MR) is 73.2 cm³/mol. The van der Waals surface area contributed by atoms with Crippen molar-refractivity contribution >= 4 is 11.7 Å². The molecule has 0 saturated carbocycles. The van der Waals surface area contributed by atoms with Crippen LogP contribution in [0.1, 0.15) is 16.2 Å². The van der Waals surface area contributed by atoms with Crippen LogP contribution >= 0.6 is 0 Å². The number of para-hydroxylation sites is 2. The largest absolute Gasteiger partial charge is 0.490 e. The van der Waals surface area contributed by atoms with Crippen LogP contribution in [0.4, 0.5) is 5.69 Å². The maximum atomic E-state index is 10.9. The summed E-state index contributed by atoms with van der Waals surface area (Å²) >= 11 is 0. The second-order valence-electron chi connectivity index (χ2n) is 4.69. The number of rotatable bonds is 3. The first-order chi connectivity index (χ1) is 9.65. The molecule has 0 saturated heterocycles. The van der Waals surface area contributed by atoms with E-state index in [-0.39, 0.29) is 5.69 Å². The van der Waals surface area contributed by atoms with Gasteiger partial charge >= 0.3 is 5.97 Å². The van der Waals surface area contributed by atoms with E-state index in [9.17, 15) is 4.79 Å². The number of ether oxygens (including phenoxy) is 1. The van der Waals surface area contributed by atoms with Gasteiger partial charge in [-0.25, -0.2) is 4.79 Å². The molecule has 104 valence electrons. The Labute approximate surface area is 116 Å². The highest BCUT2D eigenvalue weighted by atomic mass is 16.5. The number of hydrogen-bond acceptors (Lipinski definition) is 4. The summed E-state index contributed by atoms with van der Waals surface area (Å²) in [5.74, 6) is -0.145. The lowest BCUT2D eigenvalue weighted by Crippen LogP contribution is -2.32. The maximum absolute atomic E-state index is 10.9. The van der Waals surface area contributed by atoms with Crippen molar-refractivity contribution in [3.8, 4) is 5.75 Å². The number of fused-ring (bicyclic) bond motifs is 1. The van der Waals surface area contributed by atoms with E-state index in [0.717, 1.165) is 23.7 Å². The lowest BCUT2D eigenvalue weighted by molar-refractivity contribution is 0.0689. The van der Waals surface area contributed by atoms with Crippen molar-refractivity contribution in [3.63, 3.8) is 0 Å². The van der Waals surface area contributed by atoms with Crippen molar-refractivity contribution in [2.24, 2.45) is 7.05 Å². The third-order valence-corrected chi connectivity index (χ3v) is 3.37. The van der Waals surface area contributed by atoms with E-state index < -0.39 is 5.97 Å². The van der Waals surface area contributed by atoms with Gasteiger partial charge in [0, 0.05) is 7.05 Å². The van der Waals surface area contributed by atoms with E-state index in [1.807, 2.05) is 24.3 Å². The Balaban J connectivity index is 1.87. The normalized spacial score (nSPS) is 13.8. The fourth-order valence-corrected chi connectivity index (χ4v) is 2.34. The summed E-state index contributed by atoms with van der Waals surface area (Å²) in [6, 6.07) is 9.46. The lowest BCUT2D eigenvalue weighted by atomic mass is 10.2. The van der Waals surface area contributed by atoms with Gasteiger partial charge in [-0.15, -0.1) is 0 Å². The molecule has 1 aromatic carbocycles. The highest BCUT2D eigenvalue weighted by Crippen LogP contribution is 2.31. The van der Waals surface area contributed by atoms with Crippen LogP contribution in [0, 0.1) is 0 Å². The zero-order valence-corrected chi connectivity index (χ0v) is 11.1. The number of hydrogen-bond donors (Lipinski definition) is 1. The SMILES string of the molecule is Cn1nc(C(=O)O)cc1CN1CCOc2ccccc21. The third kappa shape index (κ3) is 2.20. The first-order valence-electron chi connectivity index (χ1n) is 6.38. The molecule has 1 aromatic heterocycles. The van der Waals surface area contributed by atoms with E-state index in [2.05, 4.69) is 10.00 Å². The second kappa shape index (κ2) is 4.88. The number of benzene rings is 1. The van der Waals surface area contributed by atoms with Crippen LogP contribution in [-0.2, 0) is 13.6 Å². The molecule has 6 nitrogen and oxygen atoms in total. The Morgan fingerprint density at radius 3 is 3.00 bits per heavy atom. The van der Waals surface area contributed by atoms with Crippen LogP contribution in [0.3, 0.4) is 0 Å². The van der Waals surface area contributed by atoms with Gasteiger partial charge in [0.1, 0.15) is 12.4 Å². The van der Waals surface area contributed by atoms with E-state index >= 15 is 0 Å². The molecule has 0 unspecified atom stereocenters. The summed E-state index contributed by atoms with van der Waals surface area (Å²) < 4.78 is 7.22. The molecule has 0 spiro atoms. The Morgan fingerprint density at radius 1 is 1.45 bits per heavy atom. The summed E-state index contributed by atoms with van der Waals surface area (Å²) in [5, 5.41) is 13.0. The summed E-state index contributed by atoms with van der Waals surface area (Å²) in [5.41, 5.74) is 1.96. The van der Waals surface area contributed by atoms with Gasteiger partial charge in [-0.3, -0.25) is 4.68 Å². The Morgan fingerprint density at radius 2 is 2.25 bits per heavy atom. The molecule has 2 heterocycles. The van der Waals surface area contributed by atoms with Crippen LogP contribution < -0.4 is 9.64 Å². The highest BCUT2D eigenvalue weighted by molar-refractivity contribution is 5.85. The van der Waals surface area contributed by atoms with Crippen molar-refractivity contribution in [1.82, 2.24) is 9.78 Å². The fourth-order valence-electron chi connectivity index (χ4n) is 2.34. The zero-order valence-electron chi connectivity index (χ0n) is 11.1.